The second-order valence-corrected chi connectivity index (χ2v) is 6.06. The van der Waals surface area contributed by atoms with Crippen LogP contribution < -0.4 is 10.6 Å². The molecule has 1 fully saturated rings. The van der Waals surface area contributed by atoms with Gasteiger partial charge in [-0.25, -0.2) is 0 Å². The third kappa shape index (κ3) is 4.46. The molecule has 1 amide bonds. The second-order valence-electron chi connectivity index (χ2n) is 6.06. The molecule has 2 N–H and O–H groups in total. The van der Waals surface area contributed by atoms with Crippen molar-refractivity contribution in [2.24, 2.45) is 0 Å². The van der Waals surface area contributed by atoms with Gasteiger partial charge >= 0.3 is 0 Å². The van der Waals surface area contributed by atoms with Crippen molar-refractivity contribution < 1.29 is 4.79 Å². The molecule has 0 unspecified atom stereocenters. The van der Waals surface area contributed by atoms with E-state index in [4.69, 9.17) is 0 Å². The average molecular weight is 289 g/mol. The van der Waals surface area contributed by atoms with E-state index in [0.717, 1.165) is 37.2 Å². The highest BCUT2D eigenvalue weighted by Crippen LogP contribution is 2.21. The van der Waals surface area contributed by atoms with Crippen molar-refractivity contribution in [1.29, 1.82) is 0 Å². The van der Waals surface area contributed by atoms with Crippen LogP contribution in [-0.2, 0) is 11.2 Å². The number of amides is 1. The summed E-state index contributed by atoms with van der Waals surface area (Å²) in [6.45, 7) is 6.80. The second kappa shape index (κ2) is 7.46. The first kappa shape index (κ1) is 15.8. The van der Waals surface area contributed by atoms with Gasteiger partial charge in [0.1, 0.15) is 0 Å². The molecule has 1 saturated heterocycles. The first-order valence-corrected chi connectivity index (χ1v) is 7.89. The number of piperidine rings is 1. The van der Waals surface area contributed by atoms with E-state index in [-0.39, 0.29) is 5.91 Å². The fraction of sp³-hybridized carbons (Fsp3) is 0.588. The van der Waals surface area contributed by atoms with Gasteiger partial charge in [-0.2, -0.15) is 0 Å². The molecule has 1 aromatic carbocycles. The zero-order chi connectivity index (χ0) is 15.2. The van der Waals surface area contributed by atoms with E-state index in [1.807, 2.05) is 18.2 Å². The minimum absolute atomic E-state index is 0.0545. The molecule has 0 spiro atoms. The summed E-state index contributed by atoms with van der Waals surface area (Å²) in [5, 5.41) is 6.32. The van der Waals surface area contributed by atoms with E-state index >= 15 is 0 Å². The van der Waals surface area contributed by atoms with Crippen molar-refractivity contribution in [2.75, 3.05) is 25.5 Å². The lowest BCUT2D eigenvalue weighted by atomic mass is 10.0. The number of nitrogens with one attached hydrogen (secondary N) is 2. The molecule has 1 heterocycles. The molecule has 21 heavy (non-hydrogen) atoms. The lowest BCUT2D eigenvalue weighted by Crippen LogP contribution is -2.42. The summed E-state index contributed by atoms with van der Waals surface area (Å²) in [5.74, 6) is 0.0545. The SMILES string of the molecule is CNC(=O)Cc1ccccc1NC1CCN(C(C)C)CC1. The first-order valence-electron chi connectivity index (χ1n) is 7.89. The zero-order valence-electron chi connectivity index (χ0n) is 13.4. The number of carbonyl (C=O) groups excluding carboxylic acids is 1. The Kier molecular flexibility index (Phi) is 5.62. The van der Waals surface area contributed by atoms with Gasteiger partial charge in [0.05, 0.1) is 6.42 Å². The number of hydrogen-bond acceptors (Lipinski definition) is 3. The zero-order valence-corrected chi connectivity index (χ0v) is 13.4. The van der Waals surface area contributed by atoms with Crippen molar-refractivity contribution in [3.05, 3.63) is 29.8 Å². The number of anilines is 1. The third-order valence-corrected chi connectivity index (χ3v) is 4.27. The van der Waals surface area contributed by atoms with Crippen molar-refractivity contribution in [1.82, 2.24) is 10.2 Å². The Labute approximate surface area is 127 Å². The Morgan fingerprint density at radius 2 is 1.95 bits per heavy atom. The Balaban J connectivity index is 1.96. The van der Waals surface area contributed by atoms with Crippen LogP contribution in [0.25, 0.3) is 0 Å². The molecule has 0 atom stereocenters. The van der Waals surface area contributed by atoms with Crippen molar-refractivity contribution in [3.8, 4) is 0 Å². The monoisotopic (exact) mass is 289 g/mol. The van der Waals surface area contributed by atoms with Crippen LogP contribution in [0.1, 0.15) is 32.3 Å². The van der Waals surface area contributed by atoms with Crippen LogP contribution in [0.4, 0.5) is 5.69 Å². The van der Waals surface area contributed by atoms with Crippen LogP contribution in [0.2, 0.25) is 0 Å². The summed E-state index contributed by atoms with van der Waals surface area (Å²) >= 11 is 0. The maximum absolute atomic E-state index is 11.6. The first-order chi connectivity index (χ1) is 10.1. The standard InChI is InChI=1S/C17H27N3O/c1-13(2)20-10-8-15(9-11-20)19-16-7-5-4-6-14(16)12-17(21)18-3/h4-7,13,15,19H,8-12H2,1-3H3,(H,18,21). The van der Waals surface area contributed by atoms with E-state index in [1.165, 1.54) is 0 Å². The molecule has 0 aromatic heterocycles. The maximum Gasteiger partial charge on any atom is 0.224 e. The highest BCUT2D eigenvalue weighted by Gasteiger charge is 2.21. The topological polar surface area (TPSA) is 44.4 Å². The normalized spacial score (nSPS) is 17.0. The van der Waals surface area contributed by atoms with Gasteiger partial charge in [0.2, 0.25) is 5.91 Å². The number of nitrogens with zero attached hydrogens (tertiary/aromatic N) is 1. The van der Waals surface area contributed by atoms with Crippen LogP contribution in [0.15, 0.2) is 24.3 Å². The molecule has 0 saturated carbocycles. The van der Waals surface area contributed by atoms with E-state index in [2.05, 4.69) is 35.4 Å². The number of para-hydroxylation sites is 1. The predicted molar refractivity (Wildman–Crippen MR) is 87.6 cm³/mol. The number of benzene rings is 1. The number of hydrogen-bond donors (Lipinski definition) is 2. The van der Waals surface area contributed by atoms with Gasteiger partial charge in [-0.3, -0.25) is 4.79 Å². The molecule has 1 aliphatic rings. The van der Waals surface area contributed by atoms with Crippen LogP contribution in [0, 0.1) is 0 Å². The van der Waals surface area contributed by atoms with Gasteiger partial charge in [0, 0.05) is 37.9 Å². The Morgan fingerprint density at radius 3 is 2.57 bits per heavy atom. The molecule has 116 valence electrons. The number of likely N-dealkylation sites (N-methyl/N-ethyl adjacent to an activating group) is 1. The highest BCUT2D eigenvalue weighted by molar-refractivity contribution is 5.80. The molecular formula is C17H27N3O. The molecule has 0 bridgehead atoms. The van der Waals surface area contributed by atoms with Crippen LogP contribution in [0.3, 0.4) is 0 Å². The summed E-state index contributed by atoms with van der Waals surface area (Å²) in [5.41, 5.74) is 2.17. The van der Waals surface area contributed by atoms with E-state index < -0.39 is 0 Å². The molecule has 1 aromatic rings. The molecular weight excluding hydrogens is 262 g/mol. The van der Waals surface area contributed by atoms with Crippen LogP contribution in [0.5, 0.6) is 0 Å². The van der Waals surface area contributed by atoms with Crippen molar-refractivity contribution in [2.45, 2.75) is 45.2 Å². The largest absolute Gasteiger partial charge is 0.382 e. The predicted octanol–water partition coefficient (Wildman–Crippen LogP) is 2.26. The van der Waals surface area contributed by atoms with Crippen molar-refractivity contribution in [3.63, 3.8) is 0 Å². The summed E-state index contributed by atoms with van der Waals surface area (Å²) in [6.07, 6.45) is 2.75. The van der Waals surface area contributed by atoms with Gasteiger partial charge in [0.15, 0.2) is 0 Å². The number of carbonyl (C=O) groups is 1. The minimum Gasteiger partial charge on any atom is -0.382 e. The third-order valence-electron chi connectivity index (χ3n) is 4.27. The molecule has 0 radical (unpaired) electrons. The Morgan fingerprint density at radius 1 is 1.29 bits per heavy atom. The fourth-order valence-electron chi connectivity index (χ4n) is 2.86. The molecule has 0 aliphatic carbocycles. The summed E-state index contributed by atoms with van der Waals surface area (Å²) in [4.78, 5) is 14.1. The maximum atomic E-state index is 11.6. The van der Waals surface area contributed by atoms with Crippen LogP contribution >= 0.6 is 0 Å². The fourth-order valence-corrected chi connectivity index (χ4v) is 2.86. The summed E-state index contributed by atoms with van der Waals surface area (Å²) in [6, 6.07) is 9.26. The number of likely N-dealkylation sites (tertiary alicyclic amines) is 1. The van der Waals surface area contributed by atoms with Gasteiger partial charge in [-0.15, -0.1) is 0 Å². The quantitative estimate of drug-likeness (QED) is 0.874. The van der Waals surface area contributed by atoms with E-state index in [9.17, 15) is 4.79 Å². The van der Waals surface area contributed by atoms with Crippen molar-refractivity contribution >= 4 is 11.6 Å². The van der Waals surface area contributed by atoms with Gasteiger partial charge < -0.3 is 15.5 Å². The molecule has 1 aliphatic heterocycles. The van der Waals surface area contributed by atoms with E-state index in [0.29, 0.717) is 18.5 Å². The van der Waals surface area contributed by atoms with Gasteiger partial charge in [-0.1, -0.05) is 18.2 Å². The lowest BCUT2D eigenvalue weighted by molar-refractivity contribution is -0.119. The highest BCUT2D eigenvalue weighted by atomic mass is 16.1. The van der Waals surface area contributed by atoms with Gasteiger partial charge in [0.25, 0.3) is 0 Å². The Bertz CT molecular complexity index is 465. The smallest absolute Gasteiger partial charge is 0.224 e. The molecule has 2 rings (SSSR count). The number of rotatable bonds is 5. The minimum atomic E-state index is 0.0545. The van der Waals surface area contributed by atoms with Gasteiger partial charge in [-0.05, 0) is 38.3 Å². The van der Waals surface area contributed by atoms with E-state index in [1.54, 1.807) is 7.05 Å². The molecule has 4 heteroatoms. The summed E-state index contributed by atoms with van der Waals surface area (Å²) in [7, 11) is 1.68. The lowest BCUT2D eigenvalue weighted by Gasteiger charge is -2.35. The average Bonchev–Trinajstić information content (AvgIpc) is 2.49. The Hall–Kier alpha value is -1.55. The molecule has 4 nitrogen and oxygen atoms in total. The summed E-state index contributed by atoms with van der Waals surface area (Å²) < 4.78 is 0. The van der Waals surface area contributed by atoms with Crippen LogP contribution in [-0.4, -0.2) is 43.0 Å².